The number of carbonyl (C=O) groups is 2. The van der Waals surface area contributed by atoms with Gasteiger partial charge in [-0.15, -0.1) is 0 Å². The third-order valence-electron chi connectivity index (χ3n) is 4.03. The van der Waals surface area contributed by atoms with E-state index in [2.05, 4.69) is 5.32 Å². The molecule has 3 rings (SSSR count). The second-order valence-electron chi connectivity index (χ2n) is 5.83. The molecule has 3 amide bonds. The largest absolute Gasteiger partial charge is 0.337 e. The molecule has 1 fully saturated rings. The molecule has 1 aliphatic rings. The number of hydrogen-bond acceptors (Lipinski definition) is 2. The molecular weight excluding hydrogens is 328 g/mol. The maximum Gasteiger partial charge on any atom is 0.321 e. The van der Waals surface area contributed by atoms with E-state index in [0.29, 0.717) is 24.3 Å². The van der Waals surface area contributed by atoms with Crippen LogP contribution in [0.2, 0.25) is 0 Å². The number of halogens is 2. The Balaban J connectivity index is 1.77. The van der Waals surface area contributed by atoms with Gasteiger partial charge in [0.25, 0.3) is 5.91 Å². The number of amides is 3. The maximum atomic E-state index is 13.8. The van der Waals surface area contributed by atoms with Gasteiger partial charge >= 0.3 is 6.03 Å². The standard InChI is InChI=1S/C18H17F2N3O2/c1-22(11-13-5-6-14(19)10-16(13)20)17(24)12-3-2-4-15(9-12)23-8-7-21-18(23)25/h2-6,9-10H,7-8,11H2,1H3,(H,21,25). The summed E-state index contributed by atoms with van der Waals surface area (Å²) in [5.41, 5.74) is 1.25. The predicted molar refractivity (Wildman–Crippen MR) is 89.3 cm³/mol. The molecule has 0 radical (unpaired) electrons. The molecule has 7 heteroatoms. The van der Waals surface area contributed by atoms with Crippen molar-refractivity contribution in [2.24, 2.45) is 0 Å². The molecule has 2 aromatic carbocycles. The Morgan fingerprint density at radius 2 is 2.04 bits per heavy atom. The van der Waals surface area contributed by atoms with Crippen LogP contribution in [0.5, 0.6) is 0 Å². The summed E-state index contributed by atoms with van der Waals surface area (Å²) in [6.45, 7) is 1.10. The van der Waals surface area contributed by atoms with E-state index in [1.54, 1.807) is 36.2 Å². The minimum Gasteiger partial charge on any atom is -0.337 e. The van der Waals surface area contributed by atoms with Gasteiger partial charge in [0.15, 0.2) is 0 Å². The fourth-order valence-corrected chi connectivity index (χ4v) is 2.72. The maximum absolute atomic E-state index is 13.8. The van der Waals surface area contributed by atoms with Crippen molar-refractivity contribution in [2.45, 2.75) is 6.54 Å². The van der Waals surface area contributed by atoms with Crippen molar-refractivity contribution in [1.29, 1.82) is 0 Å². The zero-order chi connectivity index (χ0) is 18.0. The Hall–Kier alpha value is -2.96. The molecule has 0 bridgehead atoms. The summed E-state index contributed by atoms with van der Waals surface area (Å²) in [5.74, 6) is -1.67. The average molecular weight is 345 g/mol. The lowest BCUT2D eigenvalue weighted by atomic mass is 10.1. The number of benzene rings is 2. The van der Waals surface area contributed by atoms with E-state index in [1.807, 2.05) is 0 Å². The van der Waals surface area contributed by atoms with E-state index in [-0.39, 0.29) is 24.0 Å². The SMILES string of the molecule is CN(Cc1ccc(F)cc1F)C(=O)c1cccc(N2CCNC2=O)c1. The number of hydrogen-bond donors (Lipinski definition) is 1. The van der Waals surface area contributed by atoms with E-state index in [0.717, 1.165) is 12.1 Å². The molecule has 2 aromatic rings. The highest BCUT2D eigenvalue weighted by Crippen LogP contribution is 2.20. The summed E-state index contributed by atoms with van der Waals surface area (Å²) in [5, 5.41) is 2.70. The summed E-state index contributed by atoms with van der Waals surface area (Å²) < 4.78 is 26.7. The van der Waals surface area contributed by atoms with Crippen molar-refractivity contribution in [2.75, 3.05) is 25.0 Å². The highest BCUT2D eigenvalue weighted by atomic mass is 19.1. The molecule has 25 heavy (non-hydrogen) atoms. The fraction of sp³-hybridized carbons (Fsp3) is 0.222. The number of rotatable bonds is 4. The van der Waals surface area contributed by atoms with Gasteiger partial charge in [-0.25, -0.2) is 13.6 Å². The fourth-order valence-electron chi connectivity index (χ4n) is 2.72. The minimum absolute atomic E-state index is 0.0133. The lowest BCUT2D eigenvalue weighted by Crippen LogP contribution is -2.29. The minimum atomic E-state index is -0.692. The molecule has 0 atom stereocenters. The molecule has 0 aliphatic carbocycles. The van der Waals surface area contributed by atoms with Gasteiger partial charge in [-0.2, -0.15) is 0 Å². The number of carbonyl (C=O) groups excluding carboxylic acids is 2. The molecule has 0 unspecified atom stereocenters. The highest BCUT2D eigenvalue weighted by molar-refractivity contribution is 5.98. The van der Waals surface area contributed by atoms with Crippen molar-refractivity contribution in [3.8, 4) is 0 Å². The van der Waals surface area contributed by atoms with Crippen molar-refractivity contribution < 1.29 is 18.4 Å². The Labute approximate surface area is 143 Å². The Morgan fingerprint density at radius 3 is 2.72 bits per heavy atom. The van der Waals surface area contributed by atoms with Crippen molar-refractivity contribution >= 4 is 17.6 Å². The van der Waals surface area contributed by atoms with Crippen molar-refractivity contribution in [1.82, 2.24) is 10.2 Å². The van der Waals surface area contributed by atoms with E-state index in [9.17, 15) is 18.4 Å². The predicted octanol–water partition coefficient (Wildman–Crippen LogP) is 2.77. The molecule has 1 heterocycles. The van der Waals surface area contributed by atoms with Crippen LogP contribution < -0.4 is 10.2 Å². The second-order valence-corrected chi connectivity index (χ2v) is 5.83. The van der Waals surface area contributed by atoms with E-state index in [1.165, 1.54) is 11.0 Å². The van der Waals surface area contributed by atoms with Gasteiger partial charge in [-0.3, -0.25) is 9.69 Å². The number of anilines is 1. The first-order chi connectivity index (χ1) is 12.0. The molecule has 1 N–H and O–H groups in total. The molecule has 0 aromatic heterocycles. The molecule has 130 valence electrons. The van der Waals surface area contributed by atoms with Gasteiger partial charge in [0.2, 0.25) is 0 Å². The molecule has 1 aliphatic heterocycles. The van der Waals surface area contributed by atoms with Crippen LogP contribution >= 0.6 is 0 Å². The van der Waals surface area contributed by atoms with Crippen LogP contribution in [0, 0.1) is 11.6 Å². The first-order valence-electron chi connectivity index (χ1n) is 7.80. The molecule has 0 saturated carbocycles. The third-order valence-corrected chi connectivity index (χ3v) is 4.03. The zero-order valence-corrected chi connectivity index (χ0v) is 13.6. The Bertz CT molecular complexity index is 826. The quantitative estimate of drug-likeness (QED) is 0.926. The number of urea groups is 1. The van der Waals surface area contributed by atoms with Crippen LogP contribution in [-0.2, 0) is 6.54 Å². The molecule has 0 spiro atoms. The monoisotopic (exact) mass is 345 g/mol. The Kier molecular flexibility index (Phi) is 4.65. The van der Waals surface area contributed by atoms with Gasteiger partial charge in [0.05, 0.1) is 0 Å². The van der Waals surface area contributed by atoms with Gasteiger partial charge in [0, 0.05) is 49.6 Å². The van der Waals surface area contributed by atoms with Crippen LogP contribution in [0.4, 0.5) is 19.3 Å². The first kappa shape index (κ1) is 16.9. The highest BCUT2D eigenvalue weighted by Gasteiger charge is 2.22. The third kappa shape index (κ3) is 3.60. The van der Waals surface area contributed by atoms with Crippen molar-refractivity contribution in [3.05, 3.63) is 65.2 Å². The summed E-state index contributed by atoms with van der Waals surface area (Å²) in [7, 11) is 1.54. The lowest BCUT2D eigenvalue weighted by Gasteiger charge is -2.19. The lowest BCUT2D eigenvalue weighted by molar-refractivity contribution is 0.0784. The normalized spacial score (nSPS) is 13.7. The zero-order valence-electron chi connectivity index (χ0n) is 13.6. The Morgan fingerprint density at radius 1 is 1.24 bits per heavy atom. The van der Waals surface area contributed by atoms with Crippen LogP contribution in [0.1, 0.15) is 15.9 Å². The second kappa shape index (κ2) is 6.88. The van der Waals surface area contributed by atoms with Gasteiger partial charge in [0.1, 0.15) is 11.6 Å². The van der Waals surface area contributed by atoms with Crippen molar-refractivity contribution in [3.63, 3.8) is 0 Å². The van der Waals surface area contributed by atoms with E-state index < -0.39 is 11.6 Å². The summed E-state index contributed by atoms with van der Waals surface area (Å²) >= 11 is 0. The van der Waals surface area contributed by atoms with Gasteiger partial charge in [-0.1, -0.05) is 12.1 Å². The smallest absolute Gasteiger partial charge is 0.321 e. The summed E-state index contributed by atoms with van der Waals surface area (Å²) in [6, 6.07) is 9.78. The van der Waals surface area contributed by atoms with Gasteiger partial charge < -0.3 is 10.2 Å². The van der Waals surface area contributed by atoms with E-state index >= 15 is 0 Å². The molecular formula is C18H17F2N3O2. The summed E-state index contributed by atoms with van der Waals surface area (Å²) in [4.78, 5) is 27.2. The summed E-state index contributed by atoms with van der Waals surface area (Å²) in [6.07, 6.45) is 0. The number of nitrogens with zero attached hydrogens (tertiary/aromatic N) is 2. The van der Waals surface area contributed by atoms with Crippen LogP contribution in [-0.4, -0.2) is 37.0 Å². The van der Waals surface area contributed by atoms with E-state index in [4.69, 9.17) is 0 Å². The number of nitrogens with one attached hydrogen (secondary N) is 1. The molecule has 5 nitrogen and oxygen atoms in total. The van der Waals surface area contributed by atoms with Crippen LogP contribution in [0.25, 0.3) is 0 Å². The van der Waals surface area contributed by atoms with Crippen LogP contribution in [0.15, 0.2) is 42.5 Å². The van der Waals surface area contributed by atoms with Gasteiger partial charge in [-0.05, 0) is 24.3 Å². The van der Waals surface area contributed by atoms with Crippen LogP contribution in [0.3, 0.4) is 0 Å². The topological polar surface area (TPSA) is 52.7 Å². The molecule has 1 saturated heterocycles. The first-order valence-corrected chi connectivity index (χ1v) is 7.80. The average Bonchev–Trinajstić information content (AvgIpc) is 3.03.